The second kappa shape index (κ2) is 4.61. The predicted octanol–water partition coefficient (Wildman–Crippen LogP) is 3.27. The van der Waals surface area contributed by atoms with Crippen molar-refractivity contribution < 1.29 is 4.74 Å². The van der Waals surface area contributed by atoms with Crippen LogP contribution in [0.4, 0.5) is 0 Å². The molecule has 2 rings (SSSR count). The molecule has 0 spiro atoms. The van der Waals surface area contributed by atoms with Crippen molar-refractivity contribution in [2.24, 2.45) is 5.73 Å². The Balaban J connectivity index is 2.68. The Morgan fingerprint density at radius 2 is 2.27 bits per heavy atom. The molecule has 0 fully saturated rings. The lowest BCUT2D eigenvalue weighted by atomic mass is 10.1. The van der Waals surface area contributed by atoms with E-state index >= 15 is 0 Å². The fourth-order valence-electron chi connectivity index (χ4n) is 1.65. The third-order valence-electron chi connectivity index (χ3n) is 2.33. The molecule has 4 heteroatoms. The Morgan fingerprint density at radius 3 is 2.93 bits per heavy atom. The number of halogens is 1. The molecule has 0 atom stereocenters. The molecule has 0 aliphatic rings. The van der Waals surface area contributed by atoms with Crippen molar-refractivity contribution in [2.75, 3.05) is 7.11 Å². The first-order valence-electron chi connectivity index (χ1n) is 4.65. The van der Waals surface area contributed by atoms with E-state index in [1.165, 1.54) is 20.5 Å². The van der Waals surface area contributed by atoms with E-state index in [0.29, 0.717) is 13.2 Å². The molecule has 2 N–H and O–H groups in total. The first kappa shape index (κ1) is 11.1. The molecule has 2 nitrogen and oxygen atoms in total. The maximum absolute atomic E-state index is 5.73. The Bertz CT molecular complexity index is 481. The maximum Gasteiger partial charge on any atom is 0.0730 e. The molecule has 0 aliphatic carbocycles. The quantitative estimate of drug-likeness (QED) is 0.940. The number of rotatable bonds is 3. The predicted molar refractivity (Wildman–Crippen MR) is 68.1 cm³/mol. The van der Waals surface area contributed by atoms with E-state index in [2.05, 4.69) is 28.1 Å². The summed E-state index contributed by atoms with van der Waals surface area (Å²) in [4.78, 5) is 1.21. The average Bonchev–Trinajstić information content (AvgIpc) is 2.59. The number of methoxy groups -OCH3 is 1. The van der Waals surface area contributed by atoms with Crippen LogP contribution in [0.3, 0.4) is 0 Å². The summed E-state index contributed by atoms with van der Waals surface area (Å²) in [5.41, 5.74) is 6.96. The van der Waals surface area contributed by atoms with Gasteiger partial charge in [-0.25, -0.2) is 0 Å². The second-order valence-corrected chi connectivity index (χ2v) is 5.22. The Morgan fingerprint density at radius 1 is 1.47 bits per heavy atom. The molecular formula is C11H12BrNOS. The molecule has 0 unspecified atom stereocenters. The standard InChI is InChI=1S/C11H12BrNOS/c1-14-6-8-7-3-2-4-9(12)11(7)15-10(8)5-13/h2-4H,5-6,13H2,1H3. The summed E-state index contributed by atoms with van der Waals surface area (Å²) in [6, 6.07) is 6.21. The Hall–Kier alpha value is -0.420. The van der Waals surface area contributed by atoms with Gasteiger partial charge in [-0.1, -0.05) is 12.1 Å². The zero-order valence-electron chi connectivity index (χ0n) is 8.42. The van der Waals surface area contributed by atoms with Crippen LogP contribution < -0.4 is 5.73 Å². The van der Waals surface area contributed by atoms with Gasteiger partial charge in [0.05, 0.1) is 6.61 Å². The van der Waals surface area contributed by atoms with Crippen molar-refractivity contribution in [3.8, 4) is 0 Å². The Kier molecular flexibility index (Phi) is 3.41. The van der Waals surface area contributed by atoms with Crippen molar-refractivity contribution in [3.63, 3.8) is 0 Å². The van der Waals surface area contributed by atoms with Crippen LogP contribution in [0, 0.1) is 0 Å². The molecule has 15 heavy (non-hydrogen) atoms. The van der Waals surface area contributed by atoms with Crippen molar-refractivity contribution >= 4 is 37.4 Å². The third-order valence-corrected chi connectivity index (χ3v) is 4.55. The molecule has 1 aromatic heterocycles. The zero-order valence-corrected chi connectivity index (χ0v) is 10.8. The highest BCUT2D eigenvalue weighted by Crippen LogP contribution is 2.36. The summed E-state index contributed by atoms with van der Waals surface area (Å²) in [7, 11) is 1.71. The molecule has 1 aromatic carbocycles. The second-order valence-electron chi connectivity index (χ2n) is 3.26. The minimum absolute atomic E-state index is 0.574. The monoisotopic (exact) mass is 285 g/mol. The van der Waals surface area contributed by atoms with E-state index in [0.717, 1.165) is 4.47 Å². The largest absolute Gasteiger partial charge is 0.380 e. The molecule has 0 saturated carbocycles. The summed E-state index contributed by atoms with van der Waals surface area (Å²) in [6.07, 6.45) is 0. The number of hydrogen-bond acceptors (Lipinski definition) is 3. The summed E-state index contributed by atoms with van der Waals surface area (Å²) in [6.45, 7) is 1.20. The maximum atomic E-state index is 5.73. The van der Waals surface area contributed by atoms with Gasteiger partial charge in [-0.2, -0.15) is 0 Å². The normalized spacial score (nSPS) is 11.1. The fraction of sp³-hybridized carbons (Fsp3) is 0.273. The molecule has 0 aliphatic heterocycles. The molecule has 0 amide bonds. The van der Waals surface area contributed by atoms with Crippen LogP contribution in [0.1, 0.15) is 10.4 Å². The van der Waals surface area contributed by atoms with Gasteiger partial charge in [-0.05, 0) is 27.4 Å². The number of nitrogens with two attached hydrogens (primary N) is 1. The number of benzene rings is 1. The van der Waals surface area contributed by atoms with E-state index < -0.39 is 0 Å². The van der Waals surface area contributed by atoms with Gasteiger partial charge >= 0.3 is 0 Å². The number of hydrogen-bond donors (Lipinski definition) is 1. The van der Waals surface area contributed by atoms with Crippen molar-refractivity contribution in [1.82, 2.24) is 0 Å². The minimum atomic E-state index is 0.574. The molecule has 0 bridgehead atoms. The fourth-order valence-corrected chi connectivity index (χ4v) is 3.35. The Labute approximate surface area is 101 Å². The molecule has 2 aromatic rings. The summed E-state index contributed by atoms with van der Waals surface area (Å²) in [5.74, 6) is 0. The smallest absolute Gasteiger partial charge is 0.0730 e. The van der Waals surface area contributed by atoms with Gasteiger partial charge in [0.25, 0.3) is 0 Å². The molecular weight excluding hydrogens is 274 g/mol. The van der Waals surface area contributed by atoms with Gasteiger partial charge in [0.2, 0.25) is 0 Å². The van der Waals surface area contributed by atoms with Crippen molar-refractivity contribution in [1.29, 1.82) is 0 Å². The van der Waals surface area contributed by atoms with Gasteiger partial charge < -0.3 is 10.5 Å². The summed E-state index contributed by atoms with van der Waals surface area (Å²) >= 11 is 5.29. The van der Waals surface area contributed by atoms with Gasteiger partial charge in [-0.3, -0.25) is 0 Å². The van der Waals surface area contributed by atoms with Crippen molar-refractivity contribution in [3.05, 3.63) is 33.1 Å². The third kappa shape index (κ3) is 1.95. The first-order valence-corrected chi connectivity index (χ1v) is 6.26. The van der Waals surface area contributed by atoms with Crippen LogP contribution >= 0.6 is 27.3 Å². The average molecular weight is 286 g/mol. The highest BCUT2D eigenvalue weighted by molar-refractivity contribution is 9.10. The van der Waals surface area contributed by atoms with Crippen LogP contribution in [0.25, 0.3) is 10.1 Å². The van der Waals surface area contributed by atoms with Crippen LogP contribution in [-0.2, 0) is 17.9 Å². The first-order chi connectivity index (χ1) is 7.27. The molecule has 1 heterocycles. The van der Waals surface area contributed by atoms with Gasteiger partial charge in [0.1, 0.15) is 0 Å². The van der Waals surface area contributed by atoms with E-state index in [-0.39, 0.29) is 0 Å². The summed E-state index contributed by atoms with van der Waals surface area (Å²) < 4.78 is 7.59. The number of fused-ring (bicyclic) bond motifs is 1. The van der Waals surface area contributed by atoms with Gasteiger partial charge in [0.15, 0.2) is 0 Å². The summed E-state index contributed by atoms with van der Waals surface area (Å²) in [5, 5.41) is 1.25. The molecule has 80 valence electrons. The van der Waals surface area contributed by atoms with Crippen molar-refractivity contribution in [2.45, 2.75) is 13.2 Å². The SMILES string of the molecule is COCc1c(CN)sc2c(Br)cccc12. The van der Waals surface area contributed by atoms with Crippen LogP contribution in [-0.4, -0.2) is 7.11 Å². The lowest BCUT2D eigenvalue weighted by molar-refractivity contribution is 0.185. The highest BCUT2D eigenvalue weighted by Gasteiger charge is 2.12. The number of ether oxygens (including phenoxy) is 1. The van der Waals surface area contributed by atoms with E-state index in [1.54, 1.807) is 18.4 Å². The lowest BCUT2D eigenvalue weighted by Crippen LogP contribution is -1.98. The zero-order chi connectivity index (χ0) is 10.8. The van der Waals surface area contributed by atoms with E-state index in [1.807, 2.05) is 6.07 Å². The van der Waals surface area contributed by atoms with Gasteiger partial charge in [0, 0.05) is 33.3 Å². The van der Waals surface area contributed by atoms with Gasteiger partial charge in [-0.15, -0.1) is 11.3 Å². The highest BCUT2D eigenvalue weighted by atomic mass is 79.9. The number of thiophene rings is 1. The molecule has 0 saturated heterocycles. The van der Waals surface area contributed by atoms with E-state index in [4.69, 9.17) is 10.5 Å². The lowest BCUT2D eigenvalue weighted by Gasteiger charge is -2.00. The topological polar surface area (TPSA) is 35.2 Å². The van der Waals surface area contributed by atoms with E-state index in [9.17, 15) is 0 Å². The van der Waals surface area contributed by atoms with Crippen LogP contribution in [0.15, 0.2) is 22.7 Å². The van der Waals surface area contributed by atoms with Crippen LogP contribution in [0.5, 0.6) is 0 Å². The molecule has 0 radical (unpaired) electrons. The minimum Gasteiger partial charge on any atom is -0.380 e. The van der Waals surface area contributed by atoms with Crippen LogP contribution in [0.2, 0.25) is 0 Å².